The molecule has 0 radical (unpaired) electrons. The Morgan fingerprint density at radius 1 is 1.12 bits per heavy atom. The van der Waals surface area contributed by atoms with Crippen LogP contribution in [0.4, 0.5) is 5.82 Å². The normalized spacial score (nSPS) is 21.8. The van der Waals surface area contributed by atoms with E-state index in [2.05, 4.69) is 10.3 Å². The predicted octanol–water partition coefficient (Wildman–Crippen LogP) is 2.46. The summed E-state index contributed by atoms with van der Waals surface area (Å²) >= 11 is 0. The number of carbonyl (C=O) groups is 3. The molecule has 3 amide bonds. The van der Waals surface area contributed by atoms with Gasteiger partial charge in [-0.2, -0.15) is 0 Å². The smallest absolute Gasteiger partial charge is 0.250 e. The molecule has 3 atom stereocenters. The standard InChI is InChI=1S/C24H25N5O3/c1-14-5-4-8-20(26-14)27-24(32)22-15-9-10-16(11-15)29(22)21(30)13-28-12-18(23(25)31)17-6-2-3-7-19(17)28/h2-8,12,15-16,22H,9-11,13H2,1H3,(H2,25,31)(H,26,27,32)/t15-,16+,22-/m0/s1. The second-order valence-corrected chi connectivity index (χ2v) is 8.68. The number of nitrogens with zero attached hydrogens (tertiary/aromatic N) is 3. The lowest BCUT2D eigenvalue weighted by Crippen LogP contribution is -2.51. The van der Waals surface area contributed by atoms with Crippen LogP contribution in [0.1, 0.15) is 35.3 Å². The molecular weight excluding hydrogens is 406 g/mol. The minimum absolute atomic E-state index is 0.0451. The number of para-hydroxylation sites is 1. The summed E-state index contributed by atoms with van der Waals surface area (Å²) in [7, 11) is 0. The minimum atomic E-state index is -0.532. The molecule has 1 aromatic carbocycles. The predicted molar refractivity (Wildman–Crippen MR) is 120 cm³/mol. The van der Waals surface area contributed by atoms with E-state index in [-0.39, 0.29) is 30.3 Å². The Morgan fingerprint density at radius 3 is 2.72 bits per heavy atom. The first-order valence-corrected chi connectivity index (χ1v) is 10.9. The Morgan fingerprint density at radius 2 is 1.94 bits per heavy atom. The van der Waals surface area contributed by atoms with Gasteiger partial charge in [-0.3, -0.25) is 14.4 Å². The lowest BCUT2D eigenvalue weighted by molar-refractivity contribution is -0.141. The third-order valence-corrected chi connectivity index (χ3v) is 6.64. The molecule has 8 nitrogen and oxygen atoms in total. The molecule has 3 N–H and O–H groups in total. The summed E-state index contributed by atoms with van der Waals surface area (Å²) in [5, 5.41) is 3.61. The van der Waals surface area contributed by atoms with Crippen LogP contribution in [0.5, 0.6) is 0 Å². The zero-order valence-electron chi connectivity index (χ0n) is 17.8. The summed E-state index contributed by atoms with van der Waals surface area (Å²) in [5.74, 6) is -0.218. The maximum absolute atomic E-state index is 13.4. The van der Waals surface area contributed by atoms with Crippen molar-refractivity contribution in [3.63, 3.8) is 0 Å². The van der Waals surface area contributed by atoms with Crippen LogP contribution >= 0.6 is 0 Å². The Kier molecular flexibility index (Phi) is 4.92. The van der Waals surface area contributed by atoms with Crippen molar-refractivity contribution in [2.75, 3.05) is 5.32 Å². The second kappa shape index (κ2) is 7.78. The van der Waals surface area contributed by atoms with Crippen molar-refractivity contribution in [1.29, 1.82) is 0 Å². The first kappa shape index (κ1) is 20.2. The van der Waals surface area contributed by atoms with Gasteiger partial charge in [0.2, 0.25) is 11.8 Å². The zero-order chi connectivity index (χ0) is 22.4. The minimum Gasteiger partial charge on any atom is -0.366 e. The van der Waals surface area contributed by atoms with Gasteiger partial charge in [-0.15, -0.1) is 0 Å². The van der Waals surface area contributed by atoms with Crippen LogP contribution in [0.15, 0.2) is 48.7 Å². The number of anilines is 1. The molecule has 3 aromatic rings. The number of amides is 3. The van der Waals surface area contributed by atoms with E-state index < -0.39 is 11.9 Å². The Balaban J connectivity index is 1.41. The lowest BCUT2D eigenvalue weighted by atomic mass is 9.97. The molecule has 2 fully saturated rings. The molecule has 8 heteroatoms. The van der Waals surface area contributed by atoms with Gasteiger partial charge in [0.25, 0.3) is 5.91 Å². The Labute approximate surface area is 185 Å². The summed E-state index contributed by atoms with van der Waals surface area (Å²) < 4.78 is 1.75. The number of piperidine rings is 1. The first-order valence-electron chi connectivity index (χ1n) is 10.9. The number of primary amides is 1. The van der Waals surface area contributed by atoms with E-state index in [9.17, 15) is 14.4 Å². The highest BCUT2D eigenvalue weighted by Crippen LogP contribution is 2.43. The number of carbonyl (C=O) groups excluding carboxylic acids is 3. The van der Waals surface area contributed by atoms with Crippen molar-refractivity contribution < 1.29 is 14.4 Å². The highest BCUT2D eigenvalue weighted by atomic mass is 16.2. The zero-order valence-corrected chi connectivity index (χ0v) is 17.8. The fourth-order valence-electron chi connectivity index (χ4n) is 5.30. The number of likely N-dealkylation sites (tertiary alicyclic amines) is 1. The van der Waals surface area contributed by atoms with Crippen molar-refractivity contribution in [2.24, 2.45) is 11.7 Å². The average molecular weight is 431 g/mol. The van der Waals surface area contributed by atoms with E-state index in [0.717, 1.165) is 35.9 Å². The number of hydrogen-bond acceptors (Lipinski definition) is 4. The second-order valence-electron chi connectivity index (χ2n) is 8.68. The van der Waals surface area contributed by atoms with Gasteiger partial charge in [0, 0.05) is 28.8 Å². The summed E-state index contributed by atoms with van der Waals surface area (Å²) in [5.41, 5.74) is 7.50. The van der Waals surface area contributed by atoms with E-state index >= 15 is 0 Å². The lowest BCUT2D eigenvalue weighted by Gasteiger charge is -2.34. The van der Waals surface area contributed by atoms with E-state index in [1.54, 1.807) is 21.7 Å². The molecule has 2 aliphatic rings. The van der Waals surface area contributed by atoms with Gasteiger partial charge in [-0.25, -0.2) is 4.98 Å². The van der Waals surface area contributed by atoms with Crippen LogP contribution in [0.3, 0.4) is 0 Å². The third kappa shape index (κ3) is 3.41. The average Bonchev–Trinajstić information content (AvgIpc) is 3.47. The topological polar surface area (TPSA) is 110 Å². The van der Waals surface area contributed by atoms with Gasteiger partial charge in [0.05, 0.1) is 5.56 Å². The van der Waals surface area contributed by atoms with Crippen LogP contribution in [0.25, 0.3) is 10.9 Å². The molecule has 1 aliphatic carbocycles. The molecule has 1 aliphatic heterocycles. The number of fused-ring (bicyclic) bond motifs is 3. The van der Waals surface area contributed by atoms with Gasteiger partial charge in [0.1, 0.15) is 18.4 Å². The van der Waals surface area contributed by atoms with E-state index in [0.29, 0.717) is 11.4 Å². The van der Waals surface area contributed by atoms with E-state index in [4.69, 9.17) is 5.73 Å². The molecule has 1 saturated carbocycles. The molecule has 2 aromatic heterocycles. The quantitative estimate of drug-likeness (QED) is 0.646. The van der Waals surface area contributed by atoms with Crippen molar-refractivity contribution in [2.45, 2.75) is 44.8 Å². The highest BCUT2D eigenvalue weighted by molar-refractivity contribution is 6.06. The van der Waals surface area contributed by atoms with Crippen molar-refractivity contribution in [3.8, 4) is 0 Å². The largest absolute Gasteiger partial charge is 0.366 e. The summed E-state index contributed by atoms with van der Waals surface area (Å²) in [6.45, 7) is 1.91. The molecule has 2 bridgehead atoms. The van der Waals surface area contributed by atoms with Gasteiger partial charge >= 0.3 is 0 Å². The molecule has 0 spiro atoms. The van der Waals surface area contributed by atoms with Crippen LogP contribution < -0.4 is 11.1 Å². The number of pyridine rings is 1. The fraction of sp³-hybridized carbons (Fsp3) is 0.333. The molecule has 5 rings (SSSR count). The number of aromatic nitrogens is 2. The van der Waals surface area contributed by atoms with Crippen LogP contribution in [0, 0.1) is 12.8 Å². The number of benzene rings is 1. The molecule has 0 unspecified atom stereocenters. The third-order valence-electron chi connectivity index (χ3n) is 6.64. The van der Waals surface area contributed by atoms with Crippen LogP contribution in [-0.4, -0.2) is 44.3 Å². The maximum atomic E-state index is 13.4. The number of aryl methyl sites for hydroxylation is 1. The van der Waals surface area contributed by atoms with Crippen molar-refractivity contribution in [3.05, 3.63) is 59.9 Å². The van der Waals surface area contributed by atoms with Crippen LogP contribution in [0.2, 0.25) is 0 Å². The summed E-state index contributed by atoms with van der Waals surface area (Å²) in [6, 6.07) is 12.4. The maximum Gasteiger partial charge on any atom is 0.250 e. The molecule has 3 heterocycles. The molecule has 32 heavy (non-hydrogen) atoms. The Bertz CT molecular complexity index is 1230. The number of rotatable bonds is 5. The van der Waals surface area contributed by atoms with E-state index in [1.165, 1.54) is 0 Å². The number of hydrogen-bond donors (Lipinski definition) is 2. The number of nitrogens with one attached hydrogen (secondary N) is 1. The first-order chi connectivity index (χ1) is 15.4. The van der Waals surface area contributed by atoms with Gasteiger partial charge < -0.3 is 20.5 Å². The fourth-order valence-corrected chi connectivity index (χ4v) is 5.30. The van der Waals surface area contributed by atoms with E-state index in [1.807, 2.05) is 43.3 Å². The van der Waals surface area contributed by atoms with Crippen molar-refractivity contribution >= 4 is 34.4 Å². The number of nitrogens with two attached hydrogens (primary N) is 1. The molecule has 164 valence electrons. The summed E-state index contributed by atoms with van der Waals surface area (Å²) in [6.07, 6.45) is 4.31. The van der Waals surface area contributed by atoms with Crippen LogP contribution in [-0.2, 0) is 16.1 Å². The monoisotopic (exact) mass is 431 g/mol. The SMILES string of the molecule is Cc1cccc(NC(=O)[C@@H]2[C@H]3CC[C@H](C3)N2C(=O)Cn2cc(C(N)=O)c3ccccc32)n1. The molecule has 1 saturated heterocycles. The van der Waals surface area contributed by atoms with Crippen molar-refractivity contribution in [1.82, 2.24) is 14.5 Å². The van der Waals surface area contributed by atoms with Gasteiger partial charge in [-0.1, -0.05) is 24.3 Å². The highest BCUT2D eigenvalue weighted by Gasteiger charge is 2.51. The van der Waals surface area contributed by atoms with Gasteiger partial charge in [-0.05, 0) is 50.3 Å². The summed E-state index contributed by atoms with van der Waals surface area (Å²) in [4.78, 5) is 44.6. The Hall–Kier alpha value is -3.68. The van der Waals surface area contributed by atoms with Gasteiger partial charge in [0.15, 0.2) is 0 Å². The molecular formula is C24H25N5O3.